The van der Waals surface area contributed by atoms with Gasteiger partial charge < -0.3 is 29.0 Å². The quantitative estimate of drug-likeness (QED) is 0.230. The van der Waals surface area contributed by atoms with Gasteiger partial charge in [0.05, 0.1) is 37.2 Å². The van der Waals surface area contributed by atoms with Crippen molar-refractivity contribution < 1.29 is 38.1 Å². The van der Waals surface area contributed by atoms with Crippen LogP contribution < -0.4 is 14.8 Å². The normalized spacial score (nSPS) is 11.3. The van der Waals surface area contributed by atoms with E-state index in [0.29, 0.717) is 17.2 Å². The van der Waals surface area contributed by atoms with Crippen molar-refractivity contribution in [3.8, 4) is 11.5 Å². The number of aromatic nitrogens is 1. The molecule has 0 fully saturated rings. The number of pyridine rings is 1. The Morgan fingerprint density at radius 1 is 0.795 bits per heavy atom. The van der Waals surface area contributed by atoms with Crippen molar-refractivity contribution in [2.75, 3.05) is 31.7 Å². The Bertz CT molecular complexity index is 1340. The van der Waals surface area contributed by atoms with Gasteiger partial charge in [-0.15, -0.1) is 0 Å². The summed E-state index contributed by atoms with van der Waals surface area (Å²) in [7, 11) is 0. The summed E-state index contributed by atoms with van der Waals surface area (Å²) >= 11 is 0. The summed E-state index contributed by atoms with van der Waals surface area (Å²) in [6, 6.07) is 18.1. The number of imide groups is 1. The largest absolute Gasteiger partial charge is 0.491 e. The zero-order valence-corrected chi connectivity index (χ0v) is 26.1. The summed E-state index contributed by atoms with van der Waals surface area (Å²) in [6.07, 6.45) is 1.52. The minimum absolute atomic E-state index is 0.0346. The molecule has 0 saturated carbocycles. The molecular formula is C33H41N3O8. The second kappa shape index (κ2) is 15.7. The van der Waals surface area contributed by atoms with Crippen LogP contribution in [0.25, 0.3) is 0 Å². The summed E-state index contributed by atoms with van der Waals surface area (Å²) < 4.78 is 28.1. The smallest absolute Gasteiger partial charge is 0.419 e. The predicted molar refractivity (Wildman–Crippen MR) is 165 cm³/mol. The first-order valence-electron chi connectivity index (χ1n) is 14.3. The summed E-state index contributed by atoms with van der Waals surface area (Å²) in [5.74, 6) is 0.441. The molecule has 0 saturated heterocycles. The maximum atomic E-state index is 13.2. The topological polar surface area (TPSA) is 126 Å². The number of hydrogen-bond acceptors (Lipinski definition) is 9. The lowest BCUT2D eigenvalue weighted by Crippen LogP contribution is -2.45. The van der Waals surface area contributed by atoms with E-state index >= 15 is 0 Å². The third kappa shape index (κ3) is 11.9. The molecular weight excluding hydrogens is 566 g/mol. The molecule has 0 spiro atoms. The number of rotatable bonds is 12. The van der Waals surface area contributed by atoms with Crippen molar-refractivity contribution in [1.82, 2.24) is 9.88 Å². The highest BCUT2D eigenvalue weighted by Gasteiger charge is 2.31. The van der Waals surface area contributed by atoms with E-state index in [2.05, 4.69) is 10.3 Å². The van der Waals surface area contributed by atoms with Gasteiger partial charge in [0.25, 0.3) is 5.91 Å². The molecule has 236 valence electrons. The van der Waals surface area contributed by atoms with Crippen LogP contribution in [0.3, 0.4) is 0 Å². The lowest BCUT2D eigenvalue weighted by Gasteiger charge is -2.28. The third-order valence-corrected chi connectivity index (χ3v) is 5.54. The first-order chi connectivity index (χ1) is 20.8. The molecule has 0 unspecified atom stereocenters. The van der Waals surface area contributed by atoms with Gasteiger partial charge in [-0.25, -0.2) is 14.5 Å². The Hall–Kier alpha value is -4.64. The van der Waals surface area contributed by atoms with Gasteiger partial charge >= 0.3 is 12.2 Å². The van der Waals surface area contributed by atoms with E-state index in [1.165, 1.54) is 0 Å². The number of carbonyl (C=O) groups excluding carboxylic acids is 3. The molecule has 0 atom stereocenters. The molecule has 1 heterocycles. The lowest BCUT2D eigenvalue weighted by atomic mass is 10.1. The number of anilines is 1. The monoisotopic (exact) mass is 607 g/mol. The van der Waals surface area contributed by atoms with Gasteiger partial charge in [-0.1, -0.05) is 30.3 Å². The highest BCUT2D eigenvalue weighted by molar-refractivity contribution is 6.06. The Morgan fingerprint density at radius 3 is 2.09 bits per heavy atom. The molecule has 1 aromatic heterocycles. The average Bonchev–Trinajstić information content (AvgIpc) is 2.95. The van der Waals surface area contributed by atoms with E-state index in [0.717, 1.165) is 10.5 Å². The molecule has 3 aromatic rings. The first-order valence-corrected chi connectivity index (χ1v) is 14.3. The second-order valence-corrected chi connectivity index (χ2v) is 11.7. The van der Waals surface area contributed by atoms with E-state index in [4.69, 9.17) is 23.7 Å². The molecule has 0 radical (unpaired) electrons. The Kier molecular flexibility index (Phi) is 12.1. The number of amides is 3. The standard InChI is InChI=1S/C33H41N3O8/c1-32(2,3)43-30(38)36(31(39)44-33(4,5)6)17-18-40-19-20-41-26-14-15-28(42-23-24-11-8-7-9-12-24)27(21-26)29(37)35-25-13-10-16-34-22-25/h7-16,21-22H,17-20,23H2,1-6H3,(H,35,37). The Labute approximate surface area is 258 Å². The molecule has 2 aromatic carbocycles. The van der Waals surface area contributed by atoms with Gasteiger partial charge in [0.2, 0.25) is 0 Å². The molecule has 0 bridgehead atoms. The maximum absolute atomic E-state index is 13.2. The van der Waals surface area contributed by atoms with Crippen LogP contribution in [0, 0.1) is 0 Å². The minimum Gasteiger partial charge on any atom is -0.491 e. The zero-order chi connectivity index (χ0) is 32.2. The van der Waals surface area contributed by atoms with Gasteiger partial charge in [0.15, 0.2) is 0 Å². The van der Waals surface area contributed by atoms with E-state index in [1.807, 2.05) is 30.3 Å². The summed E-state index contributed by atoms with van der Waals surface area (Å²) in [6.45, 7) is 10.8. The van der Waals surface area contributed by atoms with Crippen LogP contribution >= 0.6 is 0 Å². The SMILES string of the molecule is CC(C)(C)OC(=O)N(CCOCCOc1ccc(OCc2ccccc2)c(C(=O)Nc2cccnc2)c1)C(=O)OC(C)(C)C. The second-order valence-electron chi connectivity index (χ2n) is 11.7. The van der Waals surface area contributed by atoms with Crippen molar-refractivity contribution in [2.45, 2.75) is 59.4 Å². The van der Waals surface area contributed by atoms with Gasteiger partial charge in [0, 0.05) is 6.20 Å². The third-order valence-electron chi connectivity index (χ3n) is 5.54. The zero-order valence-electron chi connectivity index (χ0n) is 26.1. The van der Waals surface area contributed by atoms with Crippen LogP contribution in [-0.4, -0.2) is 65.5 Å². The summed E-state index contributed by atoms with van der Waals surface area (Å²) in [4.78, 5) is 43.3. The predicted octanol–water partition coefficient (Wildman–Crippen LogP) is 6.48. The van der Waals surface area contributed by atoms with Gasteiger partial charge in [-0.3, -0.25) is 9.78 Å². The van der Waals surface area contributed by atoms with Crippen molar-refractivity contribution in [3.63, 3.8) is 0 Å². The highest BCUT2D eigenvalue weighted by atomic mass is 16.6. The first kappa shape index (κ1) is 33.9. The number of nitrogens with one attached hydrogen (secondary N) is 1. The minimum atomic E-state index is -0.821. The Balaban J connectivity index is 1.59. The van der Waals surface area contributed by atoms with Crippen molar-refractivity contribution in [2.24, 2.45) is 0 Å². The molecule has 0 aliphatic carbocycles. The van der Waals surface area contributed by atoms with E-state index in [-0.39, 0.29) is 44.4 Å². The van der Waals surface area contributed by atoms with Crippen LogP contribution in [0.15, 0.2) is 73.1 Å². The lowest BCUT2D eigenvalue weighted by molar-refractivity contribution is -0.00555. The summed E-state index contributed by atoms with van der Waals surface area (Å²) in [5, 5.41) is 2.82. The fraction of sp³-hybridized carbons (Fsp3) is 0.394. The number of ether oxygens (including phenoxy) is 5. The van der Waals surface area contributed by atoms with Crippen LogP contribution in [0.1, 0.15) is 57.5 Å². The summed E-state index contributed by atoms with van der Waals surface area (Å²) in [5.41, 5.74) is 0.205. The molecule has 0 aliphatic rings. The number of benzene rings is 2. The van der Waals surface area contributed by atoms with Crippen molar-refractivity contribution in [1.29, 1.82) is 0 Å². The fourth-order valence-corrected chi connectivity index (χ4v) is 3.64. The van der Waals surface area contributed by atoms with Crippen LogP contribution in [0.5, 0.6) is 11.5 Å². The van der Waals surface area contributed by atoms with Crippen LogP contribution in [-0.2, 0) is 20.8 Å². The molecule has 11 heteroatoms. The van der Waals surface area contributed by atoms with E-state index in [9.17, 15) is 14.4 Å². The maximum Gasteiger partial charge on any atom is 0.419 e. The van der Waals surface area contributed by atoms with Gasteiger partial charge in [-0.05, 0) is 77.4 Å². The highest BCUT2D eigenvalue weighted by Crippen LogP contribution is 2.26. The molecule has 11 nitrogen and oxygen atoms in total. The molecule has 44 heavy (non-hydrogen) atoms. The van der Waals surface area contributed by atoms with E-state index < -0.39 is 23.4 Å². The number of nitrogens with zero attached hydrogens (tertiary/aromatic N) is 2. The van der Waals surface area contributed by atoms with Crippen LogP contribution in [0.4, 0.5) is 15.3 Å². The van der Waals surface area contributed by atoms with Gasteiger partial charge in [0.1, 0.15) is 35.9 Å². The van der Waals surface area contributed by atoms with Gasteiger partial charge in [-0.2, -0.15) is 0 Å². The fourth-order valence-electron chi connectivity index (χ4n) is 3.64. The molecule has 3 amide bonds. The van der Waals surface area contributed by atoms with Crippen molar-refractivity contribution >= 4 is 23.8 Å². The average molecular weight is 608 g/mol. The molecule has 1 N–H and O–H groups in total. The Morgan fingerprint density at radius 2 is 1.48 bits per heavy atom. The van der Waals surface area contributed by atoms with E-state index in [1.54, 1.807) is 84.3 Å². The van der Waals surface area contributed by atoms with Crippen LogP contribution in [0.2, 0.25) is 0 Å². The molecule has 0 aliphatic heterocycles. The van der Waals surface area contributed by atoms with Crippen molar-refractivity contribution in [3.05, 3.63) is 84.2 Å². The number of carbonyl (C=O) groups is 3. The molecule has 3 rings (SSSR count). The number of hydrogen-bond donors (Lipinski definition) is 1.